The second-order valence-corrected chi connectivity index (χ2v) is 3.37. The third-order valence-electron chi connectivity index (χ3n) is 2.30. The van der Waals surface area contributed by atoms with Crippen LogP contribution >= 0.6 is 0 Å². The van der Waals surface area contributed by atoms with Crippen molar-refractivity contribution in [2.45, 2.75) is 12.8 Å². The minimum atomic E-state index is 0.619. The first kappa shape index (κ1) is 9.65. The van der Waals surface area contributed by atoms with Gasteiger partial charge in [-0.15, -0.1) is 0 Å². The summed E-state index contributed by atoms with van der Waals surface area (Å²) < 4.78 is 0. The first-order valence-corrected chi connectivity index (χ1v) is 4.95. The van der Waals surface area contributed by atoms with E-state index < -0.39 is 0 Å². The fraction of sp³-hybridized carbons (Fsp3) is 0.167. The molecule has 0 fully saturated rings. The quantitative estimate of drug-likeness (QED) is 0.820. The molecule has 15 heavy (non-hydrogen) atoms. The summed E-state index contributed by atoms with van der Waals surface area (Å²) in [5.41, 5.74) is 7.92. The van der Waals surface area contributed by atoms with E-state index in [9.17, 15) is 0 Å². The number of aromatic nitrogens is 2. The van der Waals surface area contributed by atoms with E-state index in [0.29, 0.717) is 5.82 Å². The molecule has 0 bridgehead atoms. The molecule has 3 nitrogen and oxygen atoms in total. The zero-order valence-corrected chi connectivity index (χ0v) is 8.43. The van der Waals surface area contributed by atoms with Crippen molar-refractivity contribution in [1.29, 1.82) is 0 Å². The van der Waals surface area contributed by atoms with E-state index in [4.69, 9.17) is 5.73 Å². The molecule has 3 heteroatoms. The Morgan fingerprint density at radius 3 is 2.53 bits per heavy atom. The van der Waals surface area contributed by atoms with Crippen LogP contribution in [0, 0.1) is 0 Å². The monoisotopic (exact) mass is 199 g/mol. The molecule has 2 heterocycles. The van der Waals surface area contributed by atoms with Crippen molar-refractivity contribution in [1.82, 2.24) is 9.97 Å². The minimum absolute atomic E-state index is 0.619. The van der Waals surface area contributed by atoms with Gasteiger partial charge in [-0.05, 0) is 36.6 Å². The molecule has 2 aromatic heterocycles. The Labute approximate surface area is 89.0 Å². The van der Waals surface area contributed by atoms with Crippen molar-refractivity contribution in [3.8, 4) is 0 Å². The van der Waals surface area contributed by atoms with Crippen LogP contribution in [-0.4, -0.2) is 9.97 Å². The lowest BCUT2D eigenvalue weighted by atomic mass is 10.1. The average Bonchev–Trinajstić information content (AvgIpc) is 2.29. The third-order valence-corrected chi connectivity index (χ3v) is 2.30. The van der Waals surface area contributed by atoms with E-state index in [2.05, 4.69) is 9.97 Å². The molecule has 0 aromatic carbocycles. The maximum absolute atomic E-state index is 5.75. The number of nitrogens with zero attached hydrogens (tertiary/aromatic N) is 2. The summed E-state index contributed by atoms with van der Waals surface area (Å²) >= 11 is 0. The standard InChI is InChI=1S/C12H13N3/c13-12-10(4-3-9-15-12)6-7-11-5-1-2-8-14-11/h1-5,8-9H,6-7H2,(H2,13,15). The van der Waals surface area contributed by atoms with Crippen LogP contribution in [0.25, 0.3) is 0 Å². The maximum Gasteiger partial charge on any atom is 0.126 e. The van der Waals surface area contributed by atoms with Gasteiger partial charge in [-0.25, -0.2) is 4.98 Å². The predicted molar refractivity (Wildman–Crippen MR) is 60.3 cm³/mol. The van der Waals surface area contributed by atoms with Gasteiger partial charge in [0.2, 0.25) is 0 Å². The second-order valence-electron chi connectivity index (χ2n) is 3.37. The summed E-state index contributed by atoms with van der Waals surface area (Å²) in [6, 6.07) is 9.85. The van der Waals surface area contributed by atoms with Crippen LogP contribution < -0.4 is 5.73 Å². The number of pyridine rings is 2. The number of hydrogen-bond donors (Lipinski definition) is 1. The summed E-state index contributed by atoms with van der Waals surface area (Å²) in [7, 11) is 0. The molecule has 0 unspecified atom stereocenters. The van der Waals surface area contributed by atoms with E-state index >= 15 is 0 Å². The molecular weight excluding hydrogens is 186 g/mol. The van der Waals surface area contributed by atoms with Crippen molar-refractivity contribution in [2.24, 2.45) is 0 Å². The summed E-state index contributed by atoms with van der Waals surface area (Å²) in [6.45, 7) is 0. The van der Waals surface area contributed by atoms with Gasteiger partial charge in [0.1, 0.15) is 5.82 Å². The first-order chi connectivity index (χ1) is 7.36. The molecule has 0 spiro atoms. The molecule has 0 saturated carbocycles. The SMILES string of the molecule is Nc1ncccc1CCc1ccccn1. The summed E-state index contributed by atoms with van der Waals surface area (Å²) in [5.74, 6) is 0.619. The highest BCUT2D eigenvalue weighted by Crippen LogP contribution is 2.10. The molecule has 2 N–H and O–H groups in total. The Kier molecular flexibility index (Phi) is 2.93. The molecule has 0 radical (unpaired) electrons. The van der Waals surface area contributed by atoms with Gasteiger partial charge in [0.25, 0.3) is 0 Å². The number of hydrogen-bond acceptors (Lipinski definition) is 3. The van der Waals surface area contributed by atoms with E-state index in [-0.39, 0.29) is 0 Å². The van der Waals surface area contributed by atoms with E-state index in [1.807, 2.05) is 36.5 Å². The zero-order chi connectivity index (χ0) is 10.5. The van der Waals surface area contributed by atoms with Gasteiger partial charge in [0.05, 0.1) is 0 Å². The molecule has 0 amide bonds. The number of nitrogens with two attached hydrogens (primary N) is 1. The highest BCUT2D eigenvalue weighted by atomic mass is 14.8. The fourth-order valence-corrected chi connectivity index (χ4v) is 1.47. The highest BCUT2D eigenvalue weighted by Gasteiger charge is 2.00. The van der Waals surface area contributed by atoms with Crippen LogP contribution in [0.15, 0.2) is 42.7 Å². The zero-order valence-electron chi connectivity index (χ0n) is 8.43. The molecule has 0 aliphatic rings. The van der Waals surface area contributed by atoms with Crippen LogP contribution in [0.2, 0.25) is 0 Å². The Morgan fingerprint density at radius 2 is 1.80 bits per heavy atom. The van der Waals surface area contributed by atoms with Gasteiger partial charge in [0.15, 0.2) is 0 Å². The van der Waals surface area contributed by atoms with Crippen molar-refractivity contribution >= 4 is 5.82 Å². The second kappa shape index (κ2) is 4.55. The molecule has 76 valence electrons. The fourth-order valence-electron chi connectivity index (χ4n) is 1.47. The van der Waals surface area contributed by atoms with Crippen LogP contribution in [0.3, 0.4) is 0 Å². The van der Waals surface area contributed by atoms with Gasteiger partial charge in [0, 0.05) is 18.1 Å². The van der Waals surface area contributed by atoms with Crippen molar-refractivity contribution < 1.29 is 0 Å². The van der Waals surface area contributed by atoms with Gasteiger partial charge in [-0.1, -0.05) is 12.1 Å². The molecule has 2 aromatic rings. The number of rotatable bonds is 3. The van der Waals surface area contributed by atoms with Crippen molar-refractivity contribution in [3.63, 3.8) is 0 Å². The molecule has 0 aliphatic heterocycles. The highest BCUT2D eigenvalue weighted by molar-refractivity contribution is 5.38. The van der Waals surface area contributed by atoms with Crippen LogP contribution in [0.1, 0.15) is 11.3 Å². The smallest absolute Gasteiger partial charge is 0.126 e. The molecule has 0 atom stereocenters. The number of aryl methyl sites for hydroxylation is 2. The Morgan fingerprint density at radius 1 is 0.933 bits per heavy atom. The lowest BCUT2D eigenvalue weighted by Crippen LogP contribution is -1.99. The van der Waals surface area contributed by atoms with Crippen LogP contribution in [-0.2, 0) is 12.8 Å². The van der Waals surface area contributed by atoms with E-state index in [1.54, 1.807) is 6.20 Å². The predicted octanol–water partition coefficient (Wildman–Crippen LogP) is 1.84. The Hall–Kier alpha value is -1.90. The Bertz CT molecular complexity index is 426. The van der Waals surface area contributed by atoms with E-state index in [0.717, 1.165) is 24.1 Å². The van der Waals surface area contributed by atoms with Gasteiger partial charge >= 0.3 is 0 Å². The average molecular weight is 199 g/mol. The normalized spacial score (nSPS) is 10.1. The lowest BCUT2D eigenvalue weighted by Gasteiger charge is -2.03. The topological polar surface area (TPSA) is 51.8 Å². The molecule has 2 rings (SSSR count). The molecule has 0 aliphatic carbocycles. The van der Waals surface area contributed by atoms with Crippen molar-refractivity contribution in [3.05, 3.63) is 54.0 Å². The Balaban J connectivity index is 2.03. The molecular formula is C12H13N3. The number of anilines is 1. The van der Waals surface area contributed by atoms with Gasteiger partial charge < -0.3 is 5.73 Å². The minimum Gasteiger partial charge on any atom is -0.383 e. The van der Waals surface area contributed by atoms with E-state index in [1.165, 1.54) is 0 Å². The summed E-state index contributed by atoms with van der Waals surface area (Å²) in [6.07, 6.45) is 5.30. The number of nitrogen functional groups attached to an aromatic ring is 1. The van der Waals surface area contributed by atoms with Crippen LogP contribution in [0.5, 0.6) is 0 Å². The largest absolute Gasteiger partial charge is 0.383 e. The molecule has 0 saturated heterocycles. The van der Waals surface area contributed by atoms with Crippen molar-refractivity contribution in [2.75, 3.05) is 5.73 Å². The van der Waals surface area contributed by atoms with Crippen LogP contribution in [0.4, 0.5) is 5.82 Å². The van der Waals surface area contributed by atoms with Gasteiger partial charge in [-0.3, -0.25) is 4.98 Å². The third kappa shape index (κ3) is 2.53. The van der Waals surface area contributed by atoms with Gasteiger partial charge in [-0.2, -0.15) is 0 Å². The summed E-state index contributed by atoms with van der Waals surface area (Å²) in [5, 5.41) is 0. The first-order valence-electron chi connectivity index (χ1n) is 4.95. The summed E-state index contributed by atoms with van der Waals surface area (Å²) in [4.78, 5) is 8.31. The maximum atomic E-state index is 5.75. The lowest BCUT2D eigenvalue weighted by molar-refractivity contribution is 0.910.